The molecule has 0 N–H and O–H groups in total. The summed E-state index contributed by atoms with van der Waals surface area (Å²) in [5, 5.41) is 0. The lowest BCUT2D eigenvalue weighted by atomic mass is 10.0. The number of rotatable bonds is 5. The van der Waals surface area contributed by atoms with Crippen LogP contribution in [0.4, 0.5) is 5.69 Å². The summed E-state index contributed by atoms with van der Waals surface area (Å²) in [4.78, 5) is 13.9. The Morgan fingerprint density at radius 1 is 1.19 bits per heavy atom. The second kappa shape index (κ2) is 5.69. The Balaban J connectivity index is 3.04. The maximum absolute atomic E-state index is 11.6. The number of aryl methyl sites for hydroxylation is 1. The number of ketones is 1. The Morgan fingerprint density at radius 3 is 2.25 bits per heavy atom. The van der Waals surface area contributed by atoms with Crippen LogP contribution in [0, 0.1) is 6.92 Å². The molecule has 2 heteroatoms. The molecule has 16 heavy (non-hydrogen) atoms. The Bertz CT molecular complexity index is 367. The summed E-state index contributed by atoms with van der Waals surface area (Å²) in [6.07, 6.45) is 0.573. The maximum atomic E-state index is 11.6. The Morgan fingerprint density at radius 2 is 1.81 bits per heavy atom. The van der Waals surface area contributed by atoms with Gasteiger partial charge >= 0.3 is 0 Å². The van der Waals surface area contributed by atoms with E-state index in [2.05, 4.69) is 31.7 Å². The van der Waals surface area contributed by atoms with Crippen LogP contribution in [0.5, 0.6) is 0 Å². The van der Waals surface area contributed by atoms with Crippen molar-refractivity contribution in [3.8, 4) is 0 Å². The highest BCUT2D eigenvalue weighted by atomic mass is 16.1. The summed E-state index contributed by atoms with van der Waals surface area (Å²) in [5.41, 5.74) is 3.25. The van der Waals surface area contributed by atoms with Crippen molar-refractivity contribution in [3.05, 3.63) is 29.3 Å². The number of carbonyl (C=O) groups excluding carboxylic acids is 1. The lowest BCUT2D eigenvalue weighted by Crippen LogP contribution is -2.22. The van der Waals surface area contributed by atoms with Gasteiger partial charge in [-0.25, -0.2) is 0 Å². The van der Waals surface area contributed by atoms with Gasteiger partial charge in [-0.1, -0.05) is 6.92 Å². The van der Waals surface area contributed by atoms with Crippen LogP contribution in [0.2, 0.25) is 0 Å². The molecular weight excluding hydrogens is 198 g/mol. The van der Waals surface area contributed by atoms with Crippen LogP contribution < -0.4 is 4.90 Å². The summed E-state index contributed by atoms with van der Waals surface area (Å²) in [7, 11) is 0. The van der Waals surface area contributed by atoms with Crippen LogP contribution in [-0.2, 0) is 0 Å². The number of benzene rings is 1. The predicted octanol–water partition coefficient (Wildman–Crippen LogP) is 3.43. The lowest BCUT2D eigenvalue weighted by molar-refractivity contribution is 0.0988. The molecule has 88 valence electrons. The molecule has 0 spiro atoms. The lowest BCUT2D eigenvalue weighted by Gasteiger charge is -2.23. The average molecular weight is 219 g/mol. The minimum Gasteiger partial charge on any atom is -0.372 e. The van der Waals surface area contributed by atoms with Crippen molar-refractivity contribution in [2.75, 3.05) is 18.0 Å². The normalized spacial score (nSPS) is 10.2. The van der Waals surface area contributed by atoms with Crippen LogP contribution in [0.3, 0.4) is 0 Å². The fourth-order valence-corrected chi connectivity index (χ4v) is 1.95. The molecule has 0 atom stereocenters. The van der Waals surface area contributed by atoms with Gasteiger partial charge in [0.1, 0.15) is 0 Å². The van der Waals surface area contributed by atoms with Crippen molar-refractivity contribution in [3.63, 3.8) is 0 Å². The van der Waals surface area contributed by atoms with Gasteiger partial charge in [-0.15, -0.1) is 0 Å². The van der Waals surface area contributed by atoms with E-state index in [1.807, 2.05) is 19.1 Å². The minimum atomic E-state index is 0.217. The summed E-state index contributed by atoms with van der Waals surface area (Å²) in [5.74, 6) is 0.217. The topological polar surface area (TPSA) is 20.3 Å². The smallest absolute Gasteiger partial charge is 0.162 e. The molecule has 1 aromatic carbocycles. The van der Waals surface area contributed by atoms with E-state index in [4.69, 9.17) is 0 Å². The summed E-state index contributed by atoms with van der Waals surface area (Å²) in [6, 6.07) is 6.00. The number of Topliss-reactive ketones (excluding diaryl/α,β-unsaturated/α-hetero) is 1. The van der Waals surface area contributed by atoms with Crippen LogP contribution >= 0.6 is 0 Å². The Kier molecular flexibility index (Phi) is 4.53. The highest BCUT2D eigenvalue weighted by Crippen LogP contribution is 2.21. The van der Waals surface area contributed by atoms with Crippen LogP contribution in [-0.4, -0.2) is 18.9 Å². The maximum Gasteiger partial charge on any atom is 0.162 e. The van der Waals surface area contributed by atoms with E-state index < -0.39 is 0 Å². The third-order valence-electron chi connectivity index (χ3n) is 2.94. The number of hydrogen-bond acceptors (Lipinski definition) is 2. The molecule has 1 rings (SSSR count). The second-order valence-electron chi connectivity index (χ2n) is 3.95. The van der Waals surface area contributed by atoms with Gasteiger partial charge in [-0.3, -0.25) is 4.79 Å². The van der Waals surface area contributed by atoms with Gasteiger partial charge in [0, 0.05) is 30.8 Å². The summed E-state index contributed by atoms with van der Waals surface area (Å²) < 4.78 is 0. The summed E-state index contributed by atoms with van der Waals surface area (Å²) >= 11 is 0. The molecule has 0 saturated heterocycles. The van der Waals surface area contributed by atoms with Gasteiger partial charge in [0.15, 0.2) is 5.78 Å². The van der Waals surface area contributed by atoms with E-state index >= 15 is 0 Å². The SMILES string of the molecule is CCC(=O)c1ccc(N(CC)CC)c(C)c1. The van der Waals surface area contributed by atoms with Gasteiger partial charge < -0.3 is 4.90 Å². The zero-order valence-electron chi connectivity index (χ0n) is 10.7. The Labute approximate surface area is 98.3 Å². The molecule has 0 aliphatic carbocycles. The quantitative estimate of drug-likeness (QED) is 0.707. The van der Waals surface area contributed by atoms with Gasteiger partial charge in [-0.2, -0.15) is 0 Å². The summed E-state index contributed by atoms with van der Waals surface area (Å²) in [6.45, 7) is 10.3. The molecule has 0 radical (unpaired) electrons. The number of anilines is 1. The van der Waals surface area contributed by atoms with Crippen LogP contribution in [0.25, 0.3) is 0 Å². The first-order valence-electron chi connectivity index (χ1n) is 6.02. The Hall–Kier alpha value is -1.31. The fourth-order valence-electron chi connectivity index (χ4n) is 1.95. The molecule has 1 aromatic rings. The van der Waals surface area contributed by atoms with Crippen molar-refractivity contribution in [1.29, 1.82) is 0 Å². The molecule has 0 heterocycles. The van der Waals surface area contributed by atoms with Gasteiger partial charge in [0.05, 0.1) is 0 Å². The number of carbonyl (C=O) groups is 1. The van der Waals surface area contributed by atoms with Gasteiger partial charge in [-0.05, 0) is 44.5 Å². The second-order valence-corrected chi connectivity index (χ2v) is 3.95. The monoisotopic (exact) mass is 219 g/mol. The predicted molar refractivity (Wildman–Crippen MR) is 69.4 cm³/mol. The highest BCUT2D eigenvalue weighted by molar-refractivity contribution is 5.96. The molecule has 0 aliphatic rings. The van der Waals surface area contributed by atoms with E-state index in [1.165, 1.54) is 11.3 Å². The minimum absolute atomic E-state index is 0.217. The molecular formula is C14H21NO. The molecule has 0 saturated carbocycles. The third-order valence-corrected chi connectivity index (χ3v) is 2.94. The van der Waals surface area contributed by atoms with Gasteiger partial charge in [0.25, 0.3) is 0 Å². The van der Waals surface area contributed by atoms with Crippen molar-refractivity contribution < 1.29 is 4.79 Å². The number of hydrogen-bond donors (Lipinski definition) is 0. The molecule has 0 aromatic heterocycles. The largest absolute Gasteiger partial charge is 0.372 e. The van der Waals surface area contributed by atoms with Crippen molar-refractivity contribution in [1.82, 2.24) is 0 Å². The highest BCUT2D eigenvalue weighted by Gasteiger charge is 2.08. The molecule has 0 unspecified atom stereocenters. The number of nitrogens with zero attached hydrogens (tertiary/aromatic N) is 1. The first-order chi connectivity index (χ1) is 7.63. The first kappa shape index (κ1) is 12.8. The van der Waals surface area contributed by atoms with Gasteiger partial charge in [0.2, 0.25) is 0 Å². The molecule has 0 aliphatic heterocycles. The fraction of sp³-hybridized carbons (Fsp3) is 0.500. The standard InChI is InChI=1S/C14H21NO/c1-5-14(16)12-8-9-13(11(4)10-12)15(6-2)7-3/h8-10H,5-7H2,1-4H3. The third kappa shape index (κ3) is 2.63. The van der Waals surface area contributed by atoms with Crippen molar-refractivity contribution >= 4 is 11.5 Å². The van der Waals surface area contributed by atoms with E-state index in [1.54, 1.807) is 0 Å². The van der Waals surface area contributed by atoms with E-state index in [-0.39, 0.29) is 5.78 Å². The van der Waals surface area contributed by atoms with Crippen molar-refractivity contribution in [2.24, 2.45) is 0 Å². The van der Waals surface area contributed by atoms with E-state index in [0.29, 0.717) is 6.42 Å². The van der Waals surface area contributed by atoms with E-state index in [9.17, 15) is 4.79 Å². The zero-order chi connectivity index (χ0) is 12.1. The first-order valence-corrected chi connectivity index (χ1v) is 6.02. The van der Waals surface area contributed by atoms with Crippen LogP contribution in [0.15, 0.2) is 18.2 Å². The molecule has 0 bridgehead atoms. The zero-order valence-corrected chi connectivity index (χ0v) is 10.7. The van der Waals surface area contributed by atoms with E-state index in [0.717, 1.165) is 18.7 Å². The molecule has 0 amide bonds. The molecule has 0 fully saturated rings. The average Bonchev–Trinajstić information content (AvgIpc) is 2.31. The van der Waals surface area contributed by atoms with Crippen LogP contribution in [0.1, 0.15) is 43.1 Å². The van der Waals surface area contributed by atoms with Crippen molar-refractivity contribution in [2.45, 2.75) is 34.1 Å². The molecule has 2 nitrogen and oxygen atoms in total.